The summed E-state index contributed by atoms with van der Waals surface area (Å²) in [6, 6.07) is 0.0235. The first kappa shape index (κ1) is 11.7. The summed E-state index contributed by atoms with van der Waals surface area (Å²) in [5, 5.41) is 6.39. The molecule has 92 valence electrons. The quantitative estimate of drug-likeness (QED) is 0.531. The van der Waals surface area contributed by atoms with Gasteiger partial charge in [0.2, 0.25) is 0 Å². The molecule has 0 aromatic heterocycles. The molecule has 6 heteroatoms. The first-order chi connectivity index (χ1) is 7.59. The summed E-state index contributed by atoms with van der Waals surface area (Å²) >= 11 is 0. The second-order valence-electron chi connectivity index (χ2n) is 4.64. The van der Waals surface area contributed by atoms with Crippen LogP contribution >= 0.6 is 0 Å². The number of aliphatic imine (C=N–C) groups is 1. The van der Waals surface area contributed by atoms with E-state index in [1.165, 1.54) is 12.8 Å². The topological polar surface area (TPSA) is 70.6 Å². The molecule has 1 heterocycles. The highest BCUT2D eigenvalue weighted by atomic mass is 32.2. The fraction of sp³-hybridized carbons (Fsp3) is 0.900. The largest absolute Gasteiger partial charge is 0.356 e. The maximum absolute atomic E-state index is 11.3. The van der Waals surface area contributed by atoms with Crippen LogP contribution in [0.5, 0.6) is 0 Å². The standard InChI is InChI=1S/C10H19N3O2S/c1-11-10(12-6-8-2-3-8)13-9-4-5-16(14,15)7-9/h8-9H,2-7H2,1H3,(H2,11,12,13). The van der Waals surface area contributed by atoms with Crippen LogP contribution in [-0.2, 0) is 9.84 Å². The van der Waals surface area contributed by atoms with Crippen molar-refractivity contribution in [1.29, 1.82) is 0 Å². The van der Waals surface area contributed by atoms with Gasteiger partial charge in [0.1, 0.15) is 0 Å². The molecule has 2 fully saturated rings. The third kappa shape index (κ3) is 3.37. The van der Waals surface area contributed by atoms with Gasteiger partial charge in [-0.3, -0.25) is 4.99 Å². The minimum absolute atomic E-state index is 0.0235. The minimum atomic E-state index is -2.81. The normalized spacial score (nSPS) is 29.1. The number of sulfone groups is 1. The van der Waals surface area contributed by atoms with Crippen molar-refractivity contribution < 1.29 is 8.42 Å². The van der Waals surface area contributed by atoms with Gasteiger partial charge in [0, 0.05) is 19.6 Å². The van der Waals surface area contributed by atoms with Gasteiger partial charge in [-0.1, -0.05) is 0 Å². The van der Waals surface area contributed by atoms with Gasteiger partial charge >= 0.3 is 0 Å². The molecule has 0 spiro atoms. The lowest BCUT2D eigenvalue weighted by molar-refractivity contribution is 0.599. The average Bonchev–Trinajstić information content (AvgIpc) is 2.98. The second-order valence-corrected chi connectivity index (χ2v) is 6.87. The second kappa shape index (κ2) is 4.61. The van der Waals surface area contributed by atoms with E-state index < -0.39 is 9.84 Å². The lowest BCUT2D eigenvalue weighted by Gasteiger charge is -2.15. The highest BCUT2D eigenvalue weighted by molar-refractivity contribution is 7.91. The summed E-state index contributed by atoms with van der Waals surface area (Å²) in [6.07, 6.45) is 3.27. The predicted octanol–water partition coefficient (Wildman–Crippen LogP) is -0.251. The molecule has 2 aliphatic rings. The van der Waals surface area contributed by atoms with Crippen LogP contribution < -0.4 is 10.6 Å². The molecule has 1 unspecified atom stereocenters. The molecule has 1 saturated heterocycles. The Labute approximate surface area is 96.6 Å². The van der Waals surface area contributed by atoms with Gasteiger partial charge in [-0.15, -0.1) is 0 Å². The van der Waals surface area contributed by atoms with Gasteiger partial charge in [-0.2, -0.15) is 0 Å². The zero-order chi connectivity index (χ0) is 11.6. The van der Waals surface area contributed by atoms with E-state index in [0.29, 0.717) is 12.2 Å². The van der Waals surface area contributed by atoms with E-state index in [9.17, 15) is 8.42 Å². The van der Waals surface area contributed by atoms with Crippen LogP contribution in [0.1, 0.15) is 19.3 Å². The van der Waals surface area contributed by atoms with Crippen LogP contribution in [0.15, 0.2) is 4.99 Å². The molecule has 1 aliphatic heterocycles. The van der Waals surface area contributed by atoms with E-state index in [0.717, 1.165) is 18.4 Å². The number of nitrogens with one attached hydrogen (secondary N) is 2. The maximum atomic E-state index is 11.3. The number of hydrogen-bond acceptors (Lipinski definition) is 3. The van der Waals surface area contributed by atoms with Crippen molar-refractivity contribution >= 4 is 15.8 Å². The van der Waals surface area contributed by atoms with Crippen molar-refractivity contribution in [3.8, 4) is 0 Å². The lowest BCUT2D eigenvalue weighted by Crippen LogP contribution is -2.44. The number of hydrogen-bond donors (Lipinski definition) is 2. The first-order valence-corrected chi connectivity index (χ1v) is 7.59. The van der Waals surface area contributed by atoms with Crippen LogP contribution in [0.2, 0.25) is 0 Å². The van der Waals surface area contributed by atoms with Crippen molar-refractivity contribution in [3.05, 3.63) is 0 Å². The monoisotopic (exact) mass is 245 g/mol. The lowest BCUT2D eigenvalue weighted by atomic mass is 10.3. The summed E-state index contributed by atoms with van der Waals surface area (Å²) in [7, 11) is -1.10. The van der Waals surface area contributed by atoms with Crippen LogP contribution in [0, 0.1) is 5.92 Å². The molecular weight excluding hydrogens is 226 g/mol. The van der Waals surface area contributed by atoms with Crippen molar-refractivity contribution in [3.63, 3.8) is 0 Å². The van der Waals surface area contributed by atoms with E-state index in [1.54, 1.807) is 7.05 Å². The number of rotatable bonds is 3. The third-order valence-corrected chi connectivity index (χ3v) is 4.82. The molecule has 0 aromatic carbocycles. The zero-order valence-electron chi connectivity index (χ0n) is 9.57. The van der Waals surface area contributed by atoms with E-state index in [4.69, 9.17) is 0 Å². The first-order valence-electron chi connectivity index (χ1n) is 5.76. The Morgan fingerprint density at radius 2 is 2.12 bits per heavy atom. The Bertz CT molecular complexity index is 374. The molecule has 0 radical (unpaired) electrons. The third-order valence-electron chi connectivity index (χ3n) is 3.05. The fourth-order valence-corrected chi connectivity index (χ4v) is 3.53. The van der Waals surface area contributed by atoms with Gasteiger partial charge in [-0.05, 0) is 25.2 Å². The summed E-state index contributed by atoms with van der Waals surface area (Å²) in [4.78, 5) is 4.10. The smallest absolute Gasteiger partial charge is 0.191 e. The minimum Gasteiger partial charge on any atom is -0.356 e. The van der Waals surface area contributed by atoms with Crippen molar-refractivity contribution in [2.24, 2.45) is 10.9 Å². The molecule has 1 aliphatic carbocycles. The van der Waals surface area contributed by atoms with Gasteiger partial charge in [-0.25, -0.2) is 8.42 Å². The fourth-order valence-electron chi connectivity index (χ4n) is 1.86. The van der Waals surface area contributed by atoms with Crippen molar-refractivity contribution in [2.45, 2.75) is 25.3 Å². The van der Waals surface area contributed by atoms with Crippen LogP contribution in [0.4, 0.5) is 0 Å². The molecule has 1 atom stereocenters. The van der Waals surface area contributed by atoms with E-state index in [2.05, 4.69) is 15.6 Å². The summed E-state index contributed by atoms with van der Waals surface area (Å²) in [5.74, 6) is 2.04. The average molecular weight is 245 g/mol. The number of nitrogens with zero attached hydrogens (tertiary/aromatic N) is 1. The summed E-state index contributed by atoms with van der Waals surface area (Å²) < 4.78 is 22.6. The van der Waals surface area contributed by atoms with Crippen molar-refractivity contribution in [2.75, 3.05) is 25.1 Å². The van der Waals surface area contributed by atoms with E-state index in [-0.39, 0.29) is 11.8 Å². The molecule has 0 amide bonds. The van der Waals surface area contributed by atoms with Crippen LogP contribution in [-0.4, -0.2) is 45.5 Å². The molecule has 0 aromatic rings. The van der Waals surface area contributed by atoms with Crippen molar-refractivity contribution in [1.82, 2.24) is 10.6 Å². The molecule has 0 bridgehead atoms. The molecule has 2 rings (SSSR count). The van der Waals surface area contributed by atoms with Gasteiger partial charge < -0.3 is 10.6 Å². The Hall–Kier alpha value is -0.780. The van der Waals surface area contributed by atoms with Gasteiger partial charge in [0.15, 0.2) is 15.8 Å². The predicted molar refractivity (Wildman–Crippen MR) is 64.3 cm³/mol. The Morgan fingerprint density at radius 1 is 1.38 bits per heavy atom. The molecule has 1 saturated carbocycles. The number of guanidine groups is 1. The highest BCUT2D eigenvalue weighted by Crippen LogP contribution is 2.27. The van der Waals surface area contributed by atoms with Gasteiger partial charge in [0.05, 0.1) is 11.5 Å². The van der Waals surface area contributed by atoms with Crippen LogP contribution in [0.25, 0.3) is 0 Å². The molecular formula is C10H19N3O2S. The summed E-state index contributed by atoms with van der Waals surface area (Å²) in [5.41, 5.74) is 0. The van der Waals surface area contributed by atoms with E-state index in [1.807, 2.05) is 0 Å². The Morgan fingerprint density at radius 3 is 2.62 bits per heavy atom. The van der Waals surface area contributed by atoms with E-state index >= 15 is 0 Å². The highest BCUT2D eigenvalue weighted by Gasteiger charge is 2.28. The Balaban J connectivity index is 1.78. The summed E-state index contributed by atoms with van der Waals surface area (Å²) in [6.45, 7) is 0.944. The molecule has 2 N–H and O–H groups in total. The van der Waals surface area contributed by atoms with Gasteiger partial charge in [0.25, 0.3) is 0 Å². The van der Waals surface area contributed by atoms with Crippen LogP contribution in [0.3, 0.4) is 0 Å². The SMILES string of the molecule is CN=C(NCC1CC1)NC1CCS(=O)(=O)C1. The maximum Gasteiger partial charge on any atom is 0.191 e. The molecule has 5 nitrogen and oxygen atoms in total. The Kier molecular flexibility index (Phi) is 3.37. The zero-order valence-corrected chi connectivity index (χ0v) is 10.4. The molecule has 16 heavy (non-hydrogen) atoms.